The van der Waals surface area contributed by atoms with Gasteiger partial charge in [0.2, 0.25) is 11.8 Å². The average Bonchev–Trinajstić information content (AvgIpc) is 2.95. The Morgan fingerprint density at radius 2 is 1.45 bits per heavy atom. The molecule has 0 atom stereocenters. The Bertz CT molecular complexity index is 1290. The minimum atomic E-state index is -0.593. The average molecular weight is 516 g/mol. The maximum atomic E-state index is 13.7. The Kier molecular flexibility index (Phi) is 7.67. The summed E-state index contributed by atoms with van der Waals surface area (Å²) in [4.78, 5) is 39.9. The van der Waals surface area contributed by atoms with Crippen molar-refractivity contribution in [2.24, 2.45) is 5.92 Å². The maximum Gasteiger partial charge on any atom is 0.254 e. The Morgan fingerprint density at radius 1 is 0.842 bits per heavy atom. The molecule has 3 amide bonds. The zero-order chi connectivity index (χ0) is 26.5. The summed E-state index contributed by atoms with van der Waals surface area (Å²) in [7, 11) is 0. The second kappa shape index (κ2) is 11.5. The third-order valence-electron chi connectivity index (χ3n) is 7.20. The smallest absolute Gasteiger partial charge is 0.254 e. The summed E-state index contributed by atoms with van der Waals surface area (Å²) in [5.41, 5.74) is 1.72. The van der Waals surface area contributed by atoms with Gasteiger partial charge >= 0.3 is 0 Å². The van der Waals surface area contributed by atoms with Crippen molar-refractivity contribution < 1.29 is 23.5 Å². The van der Waals surface area contributed by atoms with E-state index in [0.717, 1.165) is 24.0 Å². The predicted molar refractivity (Wildman–Crippen MR) is 140 cm³/mol. The van der Waals surface area contributed by atoms with Gasteiger partial charge in [-0.3, -0.25) is 14.4 Å². The van der Waals surface area contributed by atoms with Crippen molar-refractivity contribution >= 4 is 17.7 Å². The van der Waals surface area contributed by atoms with Gasteiger partial charge in [-0.1, -0.05) is 48.5 Å². The van der Waals surface area contributed by atoms with Crippen LogP contribution >= 0.6 is 0 Å². The molecule has 1 saturated heterocycles. The standard InChI is InChI=1S/C30H30FN3O4/c31-24-10-4-1-7-21(24)29(36)32-16-13-27(35)33-19-20-14-17-34(18-15-20)30(37)28-22-8-2-5-11-25(22)38-26-12-6-3-9-23(26)28/h1-12,20,28H,13-19H2,(H,32,36)(H,33,35). The number of para-hydroxylation sites is 2. The Labute approximate surface area is 221 Å². The fourth-order valence-corrected chi connectivity index (χ4v) is 5.09. The van der Waals surface area contributed by atoms with E-state index >= 15 is 0 Å². The van der Waals surface area contributed by atoms with Gasteiger partial charge in [0.15, 0.2) is 0 Å². The highest BCUT2D eigenvalue weighted by molar-refractivity contribution is 5.94. The number of benzene rings is 3. The number of rotatable bonds is 7. The van der Waals surface area contributed by atoms with Crippen LogP contribution in [-0.4, -0.2) is 48.8 Å². The summed E-state index contributed by atoms with van der Waals surface area (Å²) >= 11 is 0. The molecule has 2 aliphatic rings. The van der Waals surface area contributed by atoms with Crippen LogP contribution in [0.5, 0.6) is 11.5 Å². The van der Waals surface area contributed by atoms with E-state index < -0.39 is 17.6 Å². The van der Waals surface area contributed by atoms with E-state index in [1.165, 1.54) is 18.2 Å². The number of likely N-dealkylation sites (tertiary alicyclic amines) is 1. The summed E-state index contributed by atoms with van der Waals surface area (Å²) < 4.78 is 19.7. The number of hydrogen-bond acceptors (Lipinski definition) is 4. The normalized spacial score (nSPS) is 15.1. The molecule has 0 unspecified atom stereocenters. The third kappa shape index (κ3) is 5.54. The van der Waals surface area contributed by atoms with Crippen LogP contribution in [0.15, 0.2) is 72.8 Å². The third-order valence-corrected chi connectivity index (χ3v) is 7.20. The quantitative estimate of drug-likeness (QED) is 0.493. The lowest BCUT2D eigenvalue weighted by Gasteiger charge is -2.36. The van der Waals surface area contributed by atoms with E-state index in [2.05, 4.69) is 10.6 Å². The molecule has 1 fully saturated rings. The second-order valence-corrected chi connectivity index (χ2v) is 9.67. The van der Waals surface area contributed by atoms with Gasteiger partial charge in [0.25, 0.3) is 5.91 Å². The number of nitrogens with zero attached hydrogens (tertiary/aromatic N) is 1. The van der Waals surface area contributed by atoms with Crippen LogP contribution in [-0.2, 0) is 9.59 Å². The number of amides is 3. The van der Waals surface area contributed by atoms with Crippen molar-refractivity contribution in [2.75, 3.05) is 26.2 Å². The lowest BCUT2D eigenvalue weighted by molar-refractivity contribution is -0.133. The number of piperidine rings is 1. The lowest BCUT2D eigenvalue weighted by atomic mass is 9.86. The Morgan fingerprint density at radius 3 is 2.11 bits per heavy atom. The number of nitrogens with one attached hydrogen (secondary N) is 2. The minimum Gasteiger partial charge on any atom is -0.457 e. The summed E-state index contributed by atoms with van der Waals surface area (Å²) in [6.45, 7) is 1.89. The zero-order valence-electron chi connectivity index (χ0n) is 21.0. The molecule has 0 bridgehead atoms. The van der Waals surface area contributed by atoms with E-state index in [-0.39, 0.29) is 36.3 Å². The number of halogens is 1. The van der Waals surface area contributed by atoms with E-state index in [4.69, 9.17) is 4.74 Å². The highest BCUT2D eigenvalue weighted by Gasteiger charge is 2.36. The molecule has 2 N–H and O–H groups in total. The fraction of sp³-hybridized carbons (Fsp3) is 0.300. The van der Waals surface area contributed by atoms with Gasteiger partial charge in [-0.25, -0.2) is 4.39 Å². The molecule has 38 heavy (non-hydrogen) atoms. The summed E-state index contributed by atoms with van der Waals surface area (Å²) in [5.74, 6) is 0.0676. The molecule has 0 aliphatic carbocycles. The van der Waals surface area contributed by atoms with Gasteiger partial charge < -0.3 is 20.3 Å². The summed E-state index contributed by atoms with van der Waals surface area (Å²) in [6, 6.07) is 21.1. The summed E-state index contributed by atoms with van der Waals surface area (Å²) in [6.07, 6.45) is 1.70. The largest absolute Gasteiger partial charge is 0.457 e. The molecule has 0 aromatic heterocycles. The Balaban J connectivity index is 1.09. The molecule has 0 saturated carbocycles. The molecular formula is C30H30FN3O4. The van der Waals surface area contributed by atoms with Crippen LogP contribution in [0.4, 0.5) is 4.39 Å². The number of carbonyl (C=O) groups excluding carboxylic acids is 3. The molecule has 2 aliphatic heterocycles. The van der Waals surface area contributed by atoms with Crippen LogP contribution in [0.1, 0.15) is 46.7 Å². The second-order valence-electron chi connectivity index (χ2n) is 9.67. The van der Waals surface area contributed by atoms with Crippen LogP contribution in [0.25, 0.3) is 0 Å². The van der Waals surface area contributed by atoms with Crippen LogP contribution in [0.2, 0.25) is 0 Å². The van der Waals surface area contributed by atoms with Gasteiger partial charge in [0, 0.05) is 43.7 Å². The first kappa shape index (κ1) is 25.4. The van der Waals surface area contributed by atoms with Crippen LogP contribution in [0.3, 0.4) is 0 Å². The van der Waals surface area contributed by atoms with E-state index in [1.807, 2.05) is 53.4 Å². The zero-order valence-corrected chi connectivity index (χ0v) is 21.0. The monoisotopic (exact) mass is 515 g/mol. The number of ether oxygens (including phenoxy) is 1. The van der Waals surface area contributed by atoms with Crippen molar-refractivity contribution in [3.8, 4) is 11.5 Å². The van der Waals surface area contributed by atoms with Crippen molar-refractivity contribution in [3.63, 3.8) is 0 Å². The van der Waals surface area contributed by atoms with Gasteiger partial charge in [-0.15, -0.1) is 0 Å². The van der Waals surface area contributed by atoms with Gasteiger partial charge in [-0.2, -0.15) is 0 Å². The van der Waals surface area contributed by atoms with Crippen LogP contribution < -0.4 is 15.4 Å². The first-order valence-corrected chi connectivity index (χ1v) is 12.9. The molecule has 5 rings (SSSR count). The van der Waals surface area contributed by atoms with Gasteiger partial charge in [0.05, 0.1) is 11.5 Å². The SMILES string of the molecule is O=C(CCNC(=O)c1ccccc1F)NCC1CCN(C(=O)C2c3ccccc3Oc3ccccc32)CC1. The van der Waals surface area contributed by atoms with E-state index in [1.54, 1.807) is 6.07 Å². The lowest BCUT2D eigenvalue weighted by Crippen LogP contribution is -2.44. The molecule has 3 aromatic carbocycles. The highest BCUT2D eigenvalue weighted by atomic mass is 19.1. The van der Waals surface area contributed by atoms with E-state index in [9.17, 15) is 18.8 Å². The first-order chi connectivity index (χ1) is 18.5. The highest BCUT2D eigenvalue weighted by Crippen LogP contribution is 2.44. The maximum absolute atomic E-state index is 13.7. The van der Waals surface area contributed by atoms with Gasteiger partial charge in [-0.05, 0) is 43.0 Å². The van der Waals surface area contributed by atoms with E-state index in [0.29, 0.717) is 31.1 Å². The van der Waals surface area contributed by atoms with Crippen molar-refractivity contribution in [2.45, 2.75) is 25.2 Å². The molecule has 0 radical (unpaired) electrons. The van der Waals surface area contributed by atoms with Gasteiger partial charge in [0.1, 0.15) is 17.3 Å². The fourth-order valence-electron chi connectivity index (χ4n) is 5.09. The molecule has 2 heterocycles. The van der Waals surface area contributed by atoms with Crippen molar-refractivity contribution in [3.05, 3.63) is 95.3 Å². The number of hydrogen-bond donors (Lipinski definition) is 2. The molecule has 7 nitrogen and oxygen atoms in total. The first-order valence-electron chi connectivity index (χ1n) is 12.9. The number of carbonyl (C=O) groups is 3. The topological polar surface area (TPSA) is 87.7 Å². The van der Waals surface area contributed by atoms with Crippen molar-refractivity contribution in [1.82, 2.24) is 15.5 Å². The molecular weight excluding hydrogens is 485 g/mol. The molecule has 8 heteroatoms. The molecule has 196 valence electrons. The predicted octanol–water partition coefficient (Wildman–Crippen LogP) is 4.24. The minimum absolute atomic E-state index is 0.0399. The summed E-state index contributed by atoms with van der Waals surface area (Å²) in [5, 5.41) is 5.51. The number of fused-ring (bicyclic) bond motifs is 2. The van der Waals surface area contributed by atoms with Crippen molar-refractivity contribution in [1.29, 1.82) is 0 Å². The molecule has 0 spiro atoms. The molecule has 3 aromatic rings. The Hall–Kier alpha value is -4.20. The van der Waals surface area contributed by atoms with Crippen LogP contribution in [0, 0.1) is 11.7 Å².